The summed E-state index contributed by atoms with van der Waals surface area (Å²) >= 11 is 0. The molecule has 116 valence electrons. The molecule has 1 N–H and O–H groups in total. The number of carbonyl (C=O) groups is 2. The Kier molecular flexibility index (Phi) is 4.52. The first-order valence-corrected chi connectivity index (χ1v) is 6.73. The summed E-state index contributed by atoms with van der Waals surface area (Å²) < 4.78 is 10.4. The molecule has 0 saturated carbocycles. The molecule has 0 aromatic carbocycles. The van der Waals surface area contributed by atoms with Gasteiger partial charge < -0.3 is 24.1 Å². The van der Waals surface area contributed by atoms with Gasteiger partial charge in [-0.3, -0.25) is 4.79 Å². The zero-order chi connectivity index (χ0) is 15.6. The third-order valence-electron chi connectivity index (χ3n) is 3.87. The molecule has 2 unspecified atom stereocenters. The molecule has 7 nitrogen and oxygen atoms in total. The van der Waals surface area contributed by atoms with E-state index in [1.54, 1.807) is 20.4 Å². The minimum Gasteiger partial charge on any atom is -0.481 e. The van der Waals surface area contributed by atoms with Crippen molar-refractivity contribution in [1.82, 2.24) is 9.80 Å². The van der Waals surface area contributed by atoms with E-state index in [2.05, 4.69) is 0 Å². The fourth-order valence-corrected chi connectivity index (χ4v) is 2.47. The van der Waals surface area contributed by atoms with Gasteiger partial charge in [0.25, 0.3) is 0 Å². The van der Waals surface area contributed by atoms with Crippen molar-refractivity contribution in [1.29, 1.82) is 0 Å². The molecule has 1 saturated heterocycles. The lowest BCUT2D eigenvalue weighted by Crippen LogP contribution is -2.48. The number of carboxylic acid groups (broad SMARTS) is 1. The topological polar surface area (TPSA) is 83.2 Å². The quantitative estimate of drug-likeness (QED) is 0.901. The second-order valence-corrected chi connectivity index (χ2v) is 5.30. The molecule has 0 radical (unpaired) electrons. The number of urea groups is 1. The fraction of sp³-hybridized carbons (Fsp3) is 0.571. The minimum absolute atomic E-state index is 0.141. The smallest absolute Gasteiger partial charge is 0.320 e. The summed E-state index contributed by atoms with van der Waals surface area (Å²) in [6.07, 6.45) is 1.58. The van der Waals surface area contributed by atoms with Crippen LogP contribution < -0.4 is 0 Å². The molecule has 1 fully saturated rings. The van der Waals surface area contributed by atoms with Gasteiger partial charge in [0.1, 0.15) is 11.7 Å². The van der Waals surface area contributed by atoms with Crippen LogP contribution in [-0.2, 0) is 16.1 Å². The summed E-state index contributed by atoms with van der Waals surface area (Å²) in [5.41, 5.74) is 0.928. The number of likely N-dealkylation sites (N-methyl/N-ethyl adjacent to an activating group) is 1. The van der Waals surface area contributed by atoms with E-state index < -0.39 is 17.9 Å². The highest BCUT2D eigenvalue weighted by Crippen LogP contribution is 2.20. The van der Waals surface area contributed by atoms with E-state index in [1.165, 1.54) is 9.80 Å². The van der Waals surface area contributed by atoms with Crippen molar-refractivity contribution in [2.45, 2.75) is 19.5 Å². The molecule has 1 aliphatic rings. The molecule has 2 atom stereocenters. The number of hydrogen-bond donors (Lipinski definition) is 1. The third-order valence-corrected chi connectivity index (χ3v) is 3.87. The number of rotatable bonds is 4. The largest absolute Gasteiger partial charge is 0.481 e. The van der Waals surface area contributed by atoms with Gasteiger partial charge in [-0.25, -0.2) is 4.79 Å². The van der Waals surface area contributed by atoms with E-state index in [4.69, 9.17) is 14.3 Å². The molecule has 0 bridgehead atoms. The lowest BCUT2D eigenvalue weighted by atomic mass is 10.0. The summed E-state index contributed by atoms with van der Waals surface area (Å²) in [6, 6.07) is 1.14. The summed E-state index contributed by atoms with van der Waals surface area (Å²) in [5, 5.41) is 9.15. The highest BCUT2D eigenvalue weighted by molar-refractivity contribution is 5.77. The first kappa shape index (κ1) is 15.4. The van der Waals surface area contributed by atoms with Crippen LogP contribution in [0.1, 0.15) is 11.3 Å². The SMILES string of the molecule is Cc1occc1CN(C)C(=O)N(C)C1COCC1C(=O)O. The van der Waals surface area contributed by atoms with Crippen LogP contribution >= 0.6 is 0 Å². The maximum Gasteiger partial charge on any atom is 0.320 e. The van der Waals surface area contributed by atoms with Gasteiger partial charge in [0.15, 0.2) is 0 Å². The first-order chi connectivity index (χ1) is 9.91. The Morgan fingerprint density at radius 2 is 2.10 bits per heavy atom. The number of furan rings is 1. The number of aliphatic carboxylic acids is 1. The van der Waals surface area contributed by atoms with Crippen molar-refractivity contribution in [2.24, 2.45) is 5.92 Å². The number of carboxylic acids is 1. The molecule has 2 rings (SSSR count). The Hall–Kier alpha value is -2.02. The monoisotopic (exact) mass is 296 g/mol. The number of amides is 2. The Balaban J connectivity index is 2.01. The van der Waals surface area contributed by atoms with E-state index in [9.17, 15) is 9.59 Å². The molecule has 7 heteroatoms. The third kappa shape index (κ3) is 3.18. The predicted molar refractivity (Wildman–Crippen MR) is 73.8 cm³/mol. The molecule has 0 aliphatic carbocycles. The normalized spacial score (nSPS) is 21.3. The van der Waals surface area contributed by atoms with Crippen LogP contribution in [0.5, 0.6) is 0 Å². The summed E-state index contributed by atoms with van der Waals surface area (Å²) in [6.45, 7) is 2.64. The Labute approximate surface area is 123 Å². The Morgan fingerprint density at radius 1 is 1.38 bits per heavy atom. The molecule has 1 aromatic rings. The number of carbonyl (C=O) groups excluding carboxylic acids is 1. The van der Waals surface area contributed by atoms with Crippen LogP contribution in [0, 0.1) is 12.8 Å². The number of nitrogens with zero attached hydrogens (tertiary/aromatic N) is 2. The molecule has 2 heterocycles. The second-order valence-electron chi connectivity index (χ2n) is 5.30. The molecule has 21 heavy (non-hydrogen) atoms. The van der Waals surface area contributed by atoms with Crippen molar-refractivity contribution in [2.75, 3.05) is 27.3 Å². The molecule has 0 spiro atoms. The Bertz CT molecular complexity index is 527. The van der Waals surface area contributed by atoms with Gasteiger partial charge in [-0.2, -0.15) is 0 Å². The van der Waals surface area contributed by atoms with Crippen LogP contribution in [0.15, 0.2) is 16.7 Å². The number of aryl methyl sites for hydroxylation is 1. The van der Waals surface area contributed by atoms with Crippen LogP contribution in [0.2, 0.25) is 0 Å². The van der Waals surface area contributed by atoms with Crippen molar-refractivity contribution in [3.8, 4) is 0 Å². The van der Waals surface area contributed by atoms with Gasteiger partial charge in [0, 0.05) is 19.7 Å². The van der Waals surface area contributed by atoms with Crippen molar-refractivity contribution >= 4 is 12.0 Å². The highest BCUT2D eigenvalue weighted by atomic mass is 16.5. The summed E-state index contributed by atoms with van der Waals surface area (Å²) in [5.74, 6) is -0.849. The van der Waals surface area contributed by atoms with Crippen molar-refractivity contribution in [3.05, 3.63) is 23.7 Å². The van der Waals surface area contributed by atoms with E-state index in [-0.39, 0.29) is 19.2 Å². The van der Waals surface area contributed by atoms with Gasteiger partial charge >= 0.3 is 12.0 Å². The average Bonchev–Trinajstić information content (AvgIpc) is 3.06. The van der Waals surface area contributed by atoms with Gasteiger partial charge in [-0.1, -0.05) is 0 Å². The number of ether oxygens (including phenoxy) is 1. The summed E-state index contributed by atoms with van der Waals surface area (Å²) in [7, 11) is 3.28. The van der Waals surface area contributed by atoms with Crippen LogP contribution in [0.4, 0.5) is 4.79 Å². The lowest BCUT2D eigenvalue weighted by Gasteiger charge is -2.30. The lowest BCUT2D eigenvalue weighted by molar-refractivity contribution is -0.142. The van der Waals surface area contributed by atoms with E-state index >= 15 is 0 Å². The fourth-order valence-electron chi connectivity index (χ4n) is 2.47. The van der Waals surface area contributed by atoms with Crippen molar-refractivity contribution in [3.63, 3.8) is 0 Å². The molecular formula is C14H20N2O5. The zero-order valence-electron chi connectivity index (χ0n) is 12.4. The first-order valence-electron chi connectivity index (χ1n) is 6.73. The van der Waals surface area contributed by atoms with Gasteiger partial charge in [-0.05, 0) is 13.0 Å². The predicted octanol–water partition coefficient (Wildman–Crippen LogP) is 1.17. The Morgan fingerprint density at radius 3 is 2.67 bits per heavy atom. The molecule has 2 amide bonds. The maximum absolute atomic E-state index is 12.4. The van der Waals surface area contributed by atoms with E-state index in [1.807, 2.05) is 13.0 Å². The van der Waals surface area contributed by atoms with Gasteiger partial charge in [0.2, 0.25) is 0 Å². The van der Waals surface area contributed by atoms with Gasteiger partial charge in [-0.15, -0.1) is 0 Å². The maximum atomic E-state index is 12.4. The van der Waals surface area contributed by atoms with Crippen LogP contribution in [0.3, 0.4) is 0 Å². The van der Waals surface area contributed by atoms with Crippen molar-refractivity contribution < 1.29 is 23.8 Å². The van der Waals surface area contributed by atoms with Gasteiger partial charge in [0.05, 0.1) is 32.1 Å². The summed E-state index contributed by atoms with van der Waals surface area (Å²) in [4.78, 5) is 26.6. The van der Waals surface area contributed by atoms with Crippen LogP contribution in [-0.4, -0.2) is 60.3 Å². The van der Waals surface area contributed by atoms with Crippen LogP contribution in [0.25, 0.3) is 0 Å². The standard InChI is InChI=1S/C14H20N2O5/c1-9-10(4-5-21-9)6-15(2)14(19)16(3)12-8-20-7-11(12)13(17)18/h4-5,11-12H,6-8H2,1-3H3,(H,17,18). The average molecular weight is 296 g/mol. The number of hydrogen-bond acceptors (Lipinski definition) is 4. The van der Waals surface area contributed by atoms with E-state index in [0.29, 0.717) is 6.54 Å². The highest BCUT2D eigenvalue weighted by Gasteiger charge is 2.39. The van der Waals surface area contributed by atoms with E-state index in [0.717, 1.165) is 11.3 Å². The molecular weight excluding hydrogens is 276 g/mol. The molecule has 1 aliphatic heterocycles. The zero-order valence-corrected chi connectivity index (χ0v) is 12.4. The minimum atomic E-state index is -0.939. The second kappa shape index (κ2) is 6.17. The molecule has 1 aromatic heterocycles.